The molecule has 6 nitrogen and oxygen atoms in total. The van der Waals surface area contributed by atoms with E-state index < -0.39 is 6.35 Å². The van der Waals surface area contributed by atoms with Crippen molar-refractivity contribution in [2.75, 3.05) is 38.0 Å². The number of aliphatic hydroxyl groups excluding tert-OH is 1. The van der Waals surface area contributed by atoms with E-state index in [1.807, 2.05) is 41.0 Å². The van der Waals surface area contributed by atoms with Gasteiger partial charge >= 0.3 is 0 Å². The molecule has 2 saturated heterocycles. The lowest BCUT2D eigenvalue weighted by Gasteiger charge is -2.38. The number of amides is 1. The number of hydrogen-bond acceptors (Lipinski definition) is 5. The molecule has 3 rings (SSSR count). The molecular formula is C17H26N4O2. The molecule has 0 aromatic heterocycles. The molecule has 0 saturated carbocycles. The lowest BCUT2D eigenvalue weighted by molar-refractivity contribution is -0.136. The van der Waals surface area contributed by atoms with Gasteiger partial charge in [0, 0.05) is 31.9 Å². The van der Waals surface area contributed by atoms with Gasteiger partial charge in [-0.15, -0.1) is 0 Å². The first kappa shape index (κ1) is 16.2. The maximum absolute atomic E-state index is 12.4. The summed E-state index contributed by atoms with van der Waals surface area (Å²) in [5.74, 6) is 0.211. The van der Waals surface area contributed by atoms with Gasteiger partial charge in [0.1, 0.15) is 0 Å². The maximum Gasteiger partial charge on any atom is 0.239 e. The summed E-state index contributed by atoms with van der Waals surface area (Å²) in [6.45, 7) is 5.67. The predicted molar refractivity (Wildman–Crippen MR) is 90.0 cm³/mol. The summed E-state index contributed by atoms with van der Waals surface area (Å²) >= 11 is 0. The molecule has 3 N–H and O–H groups in total. The fourth-order valence-electron chi connectivity index (χ4n) is 3.28. The second-order valence-corrected chi connectivity index (χ2v) is 6.40. The van der Waals surface area contributed by atoms with Crippen molar-refractivity contribution in [2.45, 2.75) is 32.2 Å². The van der Waals surface area contributed by atoms with Crippen LogP contribution in [0.25, 0.3) is 0 Å². The van der Waals surface area contributed by atoms with Crippen LogP contribution in [-0.4, -0.2) is 65.9 Å². The van der Waals surface area contributed by atoms with Gasteiger partial charge in [-0.1, -0.05) is 12.1 Å². The highest BCUT2D eigenvalue weighted by molar-refractivity contribution is 5.82. The lowest BCUT2D eigenvalue weighted by Crippen LogP contribution is -2.56. The standard InChI is InChI=1S/C17H26N4O2/c1-13-4-2-5-14(12-13)19-17(23)21-10-8-20(9-11-21)16(22)15-6-3-7-18-15/h2,4-5,12,15,17-19,23H,3,6-11H2,1H3/t15-,17?/m0/s1. The Morgan fingerprint density at radius 3 is 2.78 bits per heavy atom. The molecule has 2 aliphatic heterocycles. The van der Waals surface area contributed by atoms with E-state index in [9.17, 15) is 9.90 Å². The van der Waals surface area contributed by atoms with E-state index >= 15 is 0 Å². The van der Waals surface area contributed by atoms with Crippen molar-refractivity contribution in [3.05, 3.63) is 29.8 Å². The zero-order chi connectivity index (χ0) is 16.2. The smallest absolute Gasteiger partial charge is 0.239 e. The molecule has 1 aromatic rings. The lowest BCUT2D eigenvalue weighted by atomic mass is 10.2. The van der Waals surface area contributed by atoms with Crippen LogP contribution in [0, 0.1) is 6.92 Å². The van der Waals surface area contributed by atoms with Gasteiger partial charge in [-0.05, 0) is 44.0 Å². The molecule has 2 fully saturated rings. The van der Waals surface area contributed by atoms with Crippen LogP contribution < -0.4 is 10.6 Å². The summed E-state index contributed by atoms with van der Waals surface area (Å²) < 4.78 is 0. The minimum absolute atomic E-state index is 0.00288. The van der Waals surface area contributed by atoms with Crippen LogP contribution in [0.15, 0.2) is 24.3 Å². The highest BCUT2D eigenvalue weighted by Gasteiger charge is 2.30. The Hall–Kier alpha value is -1.63. The quantitative estimate of drug-likeness (QED) is 0.709. The van der Waals surface area contributed by atoms with E-state index in [1.54, 1.807) is 0 Å². The third kappa shape index (κ3) is 4.02. The first-order chi connectivity index (χ1) is 11.1. The third-order valence-corrected chi connectivity index (χ3v) is 4.64. The van der Waals surface area contributed by atoms with Crippen molar-refractivity contribution in [3.63, 3.8) is 0 Å². The highest BCUT2D eigenvalue weighted by Crippen LogP contribution is 2.14. The normalized spacial score (nSPS) is 23.7. The molecule has 6 heteroatoms. The molecule has 0 radical (unpaired) electrons. The number of aliphatic hydroxyl groups is 1. The zero-order valence-corrected chi connectivity index (χ0v) is 13.7. The van der Waals surface area contributed by atoms with Gasteiger partial charge in [-0.25, -0.2) is 0 Å². The molecule has 2 atom stereocenters. The van der Waals surface area contributed by atoms with E-state index in [-0.39, 0.29) is 11.9 Å². The number of anilines is 1. The number of benzene rings is 1. The van der Waals surface area contributed by atoms with Gasteiger partial charge in [0.25, 0.3) is 0 Å². The largest absolute Gasteiger partial charge is 0.361 e. The van der Waals surface area contributed by atoms with E-state index in [1.165, 1.54) is 0 Å². The number of piperazine rings is 1. The summed E-state index contributed by atoms with van der Waals surface area (Å²) in [6.07, 6.45) is 1.30. The highest BCUT2D eigenvalue weighted by atomic mass is 16.3. The second-order valence-electron chi connectivity index (χ2n) is 6.40. The van der Waals surface area contributed by atoms with Crippen molar-refractivity contribution >= 4 is 11.6 Å². The van der Waals surface area contributed by atoms with Gasteiger partial charge in [0.05, 0.1) is 6.04 Å². The van der Waals surface area contributed by atoms with Crippen LogP contribution in [0.4, 0.5) is 5.69 Å². The van der Waals surface area contributed by atoms with Crippen LogP contribution in [0.3, 0.4) is 0 Å². The fourth-order valence-corrected chi connectivity index (χ4v) is 3.28. The van der Waals surface area contributed by atoms with E-state index in [2.05, 4.69) is 10.6 Å². The molecule has 23 heavy (non-hydrogen) atoms. The number of hydrogen-bond donors (Lipinski definition) is 3. The van der Waals surface area contributed by atoms with Gasteiger partial charge in [-0.2, -0.15) is 0 Å². The molecular weight excluding hydrogens is 292 g/mol. The van der Waals surface area contributed by atoms with E-state index in [4.69, 9.17) is 0 Å². The van der Waals surface area contributed by atoms with Gasteiger partial charge < -0.3 is 20.6 Å². The monoisotopic (exact) mass is 318 g/mol. The first-order valence-electron chi connectivity index (χ1n) is 8.41. The second kappa shape index (κ2) is 7.29. The number of nitrogens with zero attached hydrogens (tertiary/aromatic N) is 2. The number of nitrogens with one attached hydrogen (secondary N) is 2. The van der Waals surface area contributed by atoms with Gasteiger partial charge in [-0.3, -0.25) is 9.69 Å². The van der Waals surface area contributed by atoms with Crippen molar-refractivity contribution in [2.24, 2.45) is 0 Å². The van der Waals surface area contributed by atoms with Crippen molar-refractivity contribution in [1.82, 2.24) is 15.1 Å². The number of aryl methyl sites for hydroxylation is 1. The molecule has 1 amide bonds. The molecule has 1 unspecified atom stereocenters. The van der Waals surface area contributed by atoms with Crippen molar-refractivity contribution in [3.8, 4) is 0 Å². The van der Waals surface area contributed by atoms with E-state index in [0.29, 0.717) is 26.2 Å². The van der Waals surface area contributed by atoms with E-state index in [0.717, 1.165) is 30.6 Å². The zero-order valence-electron chi connectivity index (χ0n) is 13.7. The van der Waals surface area contributed by atoms with Gasteiger partial charge in [0.2, 0.25) is 5.91 Å². The summed E-state index contributed by atoms with van der Waals surface area (Å²) in [6, 6.07) is 7.95. The first-order valence-corrected chi connectivity index (χ1v) is 8.41. The number of rotatable bonds is 4. The molecule has 2 heterocycles. The Bertz CT molecular complexity index is 537. The number of carbonyl (C=O) groups excluding carboxylic acids is 1. The van der Waals surface area contributed by atoms with Crippen LogP contribution in [0.1, 0.15) is 18.4 Å². The van der Waals surface area contributed by atoms with Crippen molar-refractivity contribution < 1.29 is 9.90 Å². The third-order valence-electron chi connectivity index (χ3n) is 4.64. The molecule has 0 spiro atoms. The molecule has 2 aliphatic rings. The topological polar surface area (TPSA) is 67.8 Å². The fraction of sp³-hybridized carbons (Fsp3) is 0.588. The average Bonchev–Trinajstić information content (AvgIpc) is 3.09. The van der Waals surface area contributed by atoms with Crippen LogP contribution in [0.2, 0.25) is 0 Å². The Morgan fingerprint density at radius 2 is 2.13 bits per heavy atom. The minimum atomic E-state index is -0.723. The minimum Gasteiger partial charge on any atom is -0.361 e. The Labute approximate surface area is 137 Å². The Morgan fingerprint density at radius 1 is 1.35 bits per heavy atom. The Balaban J connectivity index is 1.49. The summed E-state index contributed by atoms with van der Waals surface area (Å²) in [5.41, 5.74) is 2.06. The van der Waals surface area contributed by atoms with Crippen LogP contribution in [0.5, 0.6) is 0 Å². The molecule has 1 aromatic carbocycles. The van der Waals surface area contributed by atoms with Crippen molar-refractivity contribution in [1.29, 1.82) is 0 Å². The van der Waals surface area contributed by atoms with Gasteiger partial charge in [0.15, 0.2) is 6.35 Å². The molecule has 0 aliphatic carbocycles. The van der Waals surface area contributed by atoms with Crippen LogP contribution in [-0.2, 0) is 4.79 Å². The maximum atomic E-state index is 12.4. The summed E-state index contributed by atoms with van der Waals surface area (Å²) in [7, 11) is 0. The summed E-state index contributed by atoms with van der Waals surface area (Å²) in [4.78, 5) is 16.3. The SMILES string of the molecule is Cc1cccc(NC(O)N2CCN(C(=O)[C@@H]3CCCN3)CC2)c1. The Kier molecular flexibility index (Phi) is 5.15. The van der Waals surface area contributed by atoms with Crippen LogP contribution >= 0.6 is 0 Å². The summed E-state index contributed by atoms with van der Waals surface area (Å²) in [5, 5.41) is 16.7. The molecule has 0 bridgehead atoms. The number of carbonyl (C=O) groups is 1. The average molecular weight is 318 g/mol. The molecule has 126 valence electrons. The predicted octanol–water partition coefficient (Wildman–Crippen LogP) is 0.579.